The lowest BCUT2D eigenvalue weighted by molar-refractivity contribution is -0.0369. The molecule has 3 rings (SSSR count). The molecule has 1 atom stereocenters. The monoisotopic (exact) mass is 352 g/mol. The molecule has 1 aliphatic rings. The van der Waals surface area contributed by atoms with Crippen molar-refractivity contribution in [2.24, 2.45) is 0 Å². The SMILES string of the molecule is CN(C)Cc1cnc([C@H]2CN(Cc3ccc(F)cc3Cl)CCO2)[nH]1. The number of halogens is 2. The van der Waals surface area contributed by atoms with E-state index in [2.05, 4.69) is 19.8 Å². The Morgan fingerprint density at radius 2 is 2.29 bits per heavy atom. The molecular weight excluding hydrogens is 331 g/mol. The highest BCUT2D eigenvalue weighted by molar-refractivity contribution is 6.31. The maximum absolute atomic E-state index is 13.2. The van der Waals surface area contributed by atoms with Gasteiger partial charge in [-0.1, -0.05) is 17.7 Å². The first-order valence-corrected chi connectivity index (χ1v) is 8.35. The van der Waals surface area contributed by atoms with Gasteiger partial charge in [-0.3, -0.25) is 4.90 Å². The number of nitrogens with one attached hydrogen (secondary N) is 1. The summed E-state index contributed by atoms with van der Waals surface area (Å²) < 4.78 is 19.0. The number of hydrogen-bond acceptors (Lipinski definition) is 4. The molecule has 5 nitrogen and oxygen atoms in total. The van der Waals surface area contributed by atoms with Crippen LogP contribution in [0.4, 0.5) is 4.39 Å². The summed E-state index contributed by atoms with van der Waals surface area (Å²) in [5.74, 6) is 0.536. The molecule has 2 heterocycles. The summed E-state index contributed by atoms with van der Waals surface area (Å²) in [7, 11) is 4.04. The van der Waals surface area contributed by atoms with Crippen LogP contribution in [0, 0.1) is 5.82 Å². The minimum Gasteiger partial charge on any atom is -0.368 e. The number of imidazole rings is 1. The summed E-state index contributed by atoms with van der Waals surface area (Å²) >= 11 is 6.13. The van der Waals surface area contributed by atoms with E-state index in [0.29, 0.717) is 18.2 Å². The number of nitrogens with zero attached hydrogens (tertiary/aromatic N) is 3. The van der Waals surface area contributed by atoms with Crippen LogP contribution >= 0.6 is 11.6 Å². The molecule has 1 fully saturated rings. The van der Waals surface area contributed by atoms with Gasteiger partial charge >= 0.3 is 0 Å². The van der Waals surface area contributed by atoms with Crippen LogP contribution in [0.3, 0.4) is 0 Å². The van der Waals surface area contributed by atoms with E-state index in [1.54, 1.807) is 6.07 Å². The Bertz CT molecular complexity index is 691. The van der Waals surface area contributed by atoms with Crippen molar-refractivity contribution in [3.05, 3.63) is 52.3 Å². The third-order valence-corrected chi connectivity index (χ3v) is 4.35. The number of H-pyrrole nitrogens is 1. The molecule has 1 aliphatic heterocycles. The normalized spacial score (nSPS) is 19.1. The number of morpholine rings is 1. The van der Waals surface area contributed by atoms with E-state index in [1.807, 2.05) is 20.3 Å². The van der Waals surface area contributed by atoms with Crippen molar-refractivity contribution in [3.8, 4) is 0 Å². The average molecular weight is 353 g/mol. The number of aromatic amines is 1. The molecule has 1 saturated heterocycles. The maximum atomic E-state index is 13.2. The summed E-state index contributed by atoms with van der Waals surface area (Å²) in [5.41, 5.74) is 1.99. The zero-order chi connectivity index (χ0) is 17.1. The Morgan fingerprint density at radius 3 is 3.04 bits per heavy atom. The van der Waals surface area contributed by atoms with Crippen molar-refractivity contribution in [1.29, 1.82) is 0 Å². The van der Waals surface area contributed by atoms with Gasteiger partial charge in [-0.25, -0.2) is 9.37 Å². The molecule has 0 radical (unpaired) electrons. The minimum atomic E-state index is -0.312. The highest BCUT2D eigenvalue weighted by Crippen LogP contribution is 2.24. The van der Waals surface area contributed by atoms with E-state index >= 15 is 0 Å². The van der Waals surface area contributed by atoms with Gasteiger partial charge in [0.25, 0.3) is 0 Å². The number of rotatable bonds is 5. The topological polar surface area (TPSA) is 44.4 Å². The van der Waals surface area contributed by atoms with Gasteiger partial charge in [0.1, 0.15) is 17.7 Å². The van der Waals surface area contributed by atoms with E-state index in [-0.39, 0.29) is 11.9 Å². The first-order chi connectivity index (χ1) is 11.5. The molecule has 2 aromatic rings. The molecule has 130 valence electrons. The fourth-order valence-electron chi connectivity index (χ4n) is 2.86. The third kappa shape index (κ3) is 4.33. The van der Waals surface area contributed by atoms with Crippen molar-refractivity contribution in [1.82, 2.24) is 19.8 Å². The molecule has 24 heavy (non-hydrogen) atoms. The van der Waals surface area contributed by atoms with E-state index in [4.69, 9.17) is 16.3 Å². The summed E-state index contributed by atoms with van der Waals surface area (Å²) in [4.78, 5) is 12.1. The molecule has 1 N–H and O–H groups in total. The molecule has 0 bridgehead atoms. The Balaban J connectivity index is 1.64. The number of benzene rings is 1. The highest BCUT2D eigenvalue weighted by Gasteiger charge is 2.24. The predicted octanol–water partition coefficient (Wildman–Crippen LogP) is 2.84. The predicted molar refractivity (Wildman–Crippen MR) is 91.4 cm³/mol. The highest BCUT2D eigenvalue weighted by atomic mass is 35.5. The zero-order valence-electron chi connectivity index (χ0n) is 13.9. The van der Waals surface area contributed by atoms with Crippen molar-refractivity contribution in [3.63, 3.8) is 0 Å². The van der Waals surface area contributed by atoms with Crippen molar-refractivity contribution >= 4 is 11.6 Å². The van der Waals surface area contributed by atoms with Gasteiger partial charge in [0.15, 0.2) is 0 Å². The number of aromatic nitrogens is 2. The second-order valence-electron chi connectivity index (χ2n) is 6.36. The van der Waals surface area contributed by atoms with Crippen LogP contribution < -0.4 is 0 Å². The van der Waals surface area contributed by atoms with Gasteiger partial charge in [0.2, 0.25) is 0 Å². The number of hydrogen-bond donors (Lipinski definition) is 1. The van der Waals surface area contributed by atoms with Crippen LogP contribution in [-0.2, 0) is 17.8 Å². The average Bonchev–Trinajstić information content (AvgIpc) is 2.98. The van der Waals surface area contributed by atoms with Gasteiger partial charge in [-0.2, -0.15) is 0 Å². The van der Waals surface area contributed by atoms with E-state index in [1.165, 1.54) is 12.1 Å². The zero-order valence-corrected chi connectivity index (χ0v) is 14.7. The lowest BCUT2D eigenvalue weighted by Gasteiger charge is -2.32. The van der Waals surface area contributed by atoms with Gasteiger partial charge in [-0.05, 0) is 31.8 Å². The third-order valence-electron chi connectivity index (χ3n) is 4.00. The Kier molecular flexibility index (Phi) is 5.50. The van der Waals surface area contributed by atoms with Crippen LogP contribution in [0.2, 0.25) is 5.02 Å². The molecule has 7 heteroatoms. The molecule has 0 saturated carbocycles. The van der Waals surface area contributed by atoms with E-state index in [9.17, 15) is 4.39 Å². The van der Waals surface area contributed by atoms with Gasteiger partial charge in [0, 0.05) is 43.1 Å². The van der Waals surface area contributed by atoms with Crippen LogP contribution in [-0.4, -0.2) is 53.6 Å². The maximum Gasteiger partial charge on any atom is 0.136 e. The first-order valence-electron chi connectivity index (χ1n) is 7.97. The summed E-state index contributed by atoms with van der Waals surface area (Å²) in [5, 5.41) is 0.462. The van der Waals surface area contributed by atoms with Crippen molar-refractivity contribution in [2.45, 2.75) is 19.2 Å². The molecule has 1 aromatic carbocycles. The lowest BCUT2D eigenvalue weighted by atomic mass is 10.1. The quantitative estimate of drug-likeness (QED) is 0.898. The second-order valence-corrected chi connectivity index (χ2v) is 6.77. The van der Waals surface area contributed by atoms with Crippen LogP contribution in [0.15, 0.2) is 24.4 Å². The largest absolute Gasteiger partial charge is 0.368 e. The summed E-state index contributed by atoms with van der Waals surface area (Å²) in [6.07, 6.45) is 1.77. The van der Waals surface area contributed by atoms with Crippen LogP contribution in [0.25, 0.3) is 0 Å². The molecule has 0 aliphatic carbocycles. The van der Waals surface area contributed by atoms with Gasteiger partial charge in [-0.15, -0.1) is 0 Å². The van der Waals surface area contributed by atoms with Crippen LogP contribution in [0.5, 0.6) is 0 Å². The first kappa shape index (κ1) is 17.4. The second kappa shape index (κ2) is 7.61. The number of ether oxygens (including phenoxy) is 1. The molecule has 0 amide bonds. The van der Waals surface area contributed by atoms with E-state index in [0.717, 1.165) is 36.7 Å². The van der Waals surface area contributed by atoms with Crippen LogP contribution in [0.1, 0.15) is 23.2 Å². The Labute approximate surface area is 146 Å². The standard InChI is InChI=1S/C17H22ClFN4O/c1-22(2)10-14-8-20-17(21-14)16-11-23(5-6-24-16)9-12-3-4-13(19)7-15(12)18/h3-4,7-8,16H,5-6,9-11H2,1-2H3,(H,20,21)/t16-/m1/s1. The summed E-state index contributed by atoms with van der Waals surface area (Å²) in [6.45, 7) is 3.66. The fraction of sp³-hybridized carbons (Fsp3) is 0.471. The molecular formula is C17H22ClFN4O. The minimum absolute atomic E-state index is 0.0890. The molecule has 0 spiro atoms. The van der Waals surface area contributed by atoms with Gasteiger partial charge < -0.3 is 14.6 Å². The van der Waals surface area contributed by atoms with Gasteiger partial charge in [0.05, 0.1) is 6.61 Å². The van der Waals surface area contributed by atoms with E-state index < -0.39 is 0 Å². The van der Waals surface area contributed by atoms with Crippen molar-refractivity contribution < 1.29 is 9.13 Å². The summed E-state index contributed by atoms with van der Waals surface area (Å²) in [6, 6.07) is 4.54. The molecule has 1 aromatic heterocycles. The smallest absolute Gasteiger partial charge is 0.136 e. The Hall–Kier alpha value is -1.47. The Morgan fingerprint density at radius 1 is 1.46 bits per heavy atom. The fourth-order valence-corrected chi connectivity index (χ4v) is 3.09. The lowest BCUT2D eigenvalue weighted by Crippen LogP contribution is -2.38. The molecule has 0 unspecified atom stereocenters. The van der Waals surface area contributed by atoms with Crippen molar-refractivity contribution in [2.75, 3.05) is 33.8 Å².